The Morgan fingerprint density at radius 2 is 1.94 bits per heavy atom. The van der Waals surface area contributed by atoms with Crippen molar-refractivity contribution in [2.45, 2.75) is 38.3 Å². The average Bonchev–Trinajstić information content (AvgIpc) is 2.26. The fourth-order valence-corrected chi connectivity index (χ4v) is 2.65. The molecule has 2 nitrogen and oxygen atoms in total. The Hall–Kier alpha value is -1.44. The van der Waals surface area contributed by atoms with E-state index in [2.05, 4.69) is 29.2 Å². The molecular weight excluding hydrogens is 198 g/mol. The van der Waals surface area contributed by atoms with Gasteiger partial charge in [-0.15, -0.1) is 0 Å². The van der Waals surface area contributed by atoms with Crippen LogP contribution in [0.2, 0.25) is 0 Å². The Morgan fingerprint density at radius 3 is 2.56 bits per heavy atom. The van der Waals surface area contributed by atoms with Crippen LogP contribution in [0.25, 0.3) is 0 Å². The first-order chi connectivity index (χ1) is 7.88. The molecule has 0 amide bonds. The maximum absolute atomic E-state index is 9.35. The highest BCUT2D eigenvalue weighted by molar-refractivity contribution is 5.34. The second-order valence-corrected chi connectivity index (χ2v) is 4.78. The number of fused-ring (bicyclic) bond motifs is 1. The summed E-state index contributed by atoms with van der Waals surface area (Å²) in [5.41, 5.74) is 3.86. The van der Waals surface area contributed by atoms with Crippen molar-refractivity contribution in [2.75, 3.05) is 0 Å². The van der Waals surface area contributed by atoms with Gasteiger partial charge in [0.2, 0.25) is 0 Å². The molecule has 1 aliphatic carbocycles. The number of aliphatic hydroxyl groups excluding tert-OH is 1. The number of hydrogen-bond acceptors (Lipinski definition) is 2. The lowest BCUT2D eigenvalue weighted by molar-refractivity contribution is 0.146. The van der Waals surface area contributed by atoms with Gasteiger partial charge in [-0.3, -0.25) is 0 Å². The van der Waals surface area contributed by atoms with Gasteiger partial charge in [-0.05, 0) is 30.4 Å². The van der Waals surface area contributed by atoms with Crippen molar-refractivity contribution in [1.29, 1.82) is 0 Å². The van der Waals surface area contributed by atoms with Crippen LogP contribution >= 0.6 is 0 Å². The van der Waals surface area contributed by atoms with Crippen molar-refractivity contribution in [2.24, 2.45) is 0 Å². The molecule has 1 aromatic rings. The highest BCUT2D eigenvalue weighted by Crippen LogP contribution is 2.34. The Labute approximate surface area is 96.2 Å². The van der Waals surface area contributed by atoms with Gasteiger partial charge >= 0.3 is 0 Å². The third kappa shape index (κ3) is 1.49. The lowest BCUT2D eigenvalue weighted by Gasteiger charge is -2.43. The lowest BCUT2D eigenvalue weighted by atomic mass is 9.87. The molecule has 0 saturated heterocycles. The Bertz CT molecular complexity index is 420. The van der Waals surface area contributed by atoms with Crippen LogP contribution in [0.4, 0.5) is 0 Å². The summed E-state index contributed by atoms with van der Waals surface area (Å²) in [6.07, 6.45) is 6.07. The maximum atomic E-state index is 9.35. The largest absolute Gasteiger partial charge is 0.514 e. The van der Waals surface area contributed by atoms with Crippen molar-refractivity contribution >= 4 is 0 Å². The fraction of sp³-hybridized carbons (Fsp3) is 0.429. The Balaban J connectivity index is 1.91. The smallest absolute Gasteiger partial charge is 0.0986 e. The first-order valence-electron chi connectivity index (χ1n) is 6.05. The van der Waals surface area contributed by atoms with E-state index in [9.17, 15) is 5.11 Å². The van der Waals surface area contributed by atoms with Gasteiger partial charge in [0.1, 0.15) is 0 Å². The van der Waals surface area contributed by atoms with Crippen molar-refractivity contribution in [3.63, 3.8) is 0 Å². The SMILES string of the molecule is O/C=C1/Cc2ccccc2CN1C1CCC1. The van der Waals surface area contributed by atoms with Crippen LogP contribution in [-0.2, 0) is 13.0 Å². The molecule has 16 heavy (non-hydrogen) atoms. The van der Waals surface area contributed by atoms with Gasteiger partial charge in [0.25, 0.3) is 0 Å². The summed E-state index contributed by atoms with van der Waals surface area (Å²) in [6.45, 7) is 0.966. The monoisotopic (exact) mass is 215 g/mol. The van der Waals surface area contributed by atoms with Gasteiger partial charge in [-0.2, -0.15) is 0 Å². The molecule has 0 aromatic heterocycles. The molecule has 0 radical (unpaired) electrons. The molecule has 0 unspecified atom stereocenters. The summed E-state index contributed by atoms with van der Waals surface area (Å²) < 4.78 is 0. The molecule has 2 aliphatic rings. The number of nitrogens with zero attached hydrogens (tertiary/aromatic N) is 1. The Kier molecular flexibility index (Phi) is 2.35. The molecule has 2 heteroatoms. The lowest BCUT2D eigenvalue weighted by Crippen LogP contribution is -2.41. The van der Waals surface area contributed by atoms with E-state index >= 15 is 0 Å². The third-order valence-corrected chi connectivity index (χ3v) is 3.86. The number of benzene rings is 1. The molecular formula is C14H17NO. The maximum Gasteiger partial charge on any atom is 0.0986 e. The summed E-state index contributed by atoms with van der Waals surface area (Å²) >= 11 is 0. The van der Waals surface area contributed by atoms with Crippen LogP contribution in [-0.4, -0.2) is 16.0 Å². The van der Waals surface area contributed by atoms with Crippen LogP contribution in [0.5, 0.6) is 0 Å². The average molecular weight is 215 g/mol. The first kappa shape index (κ1) is 9.76. The van der Waals surface area contributed by atoms with E-state index in [0.717, 1.165) is 18.7 Å². The van der Waals surface area contributed by atoms with Crippen LogP contribution in [0.15, 0.2) is 36.2 Å². The van der Waals surface area contributed by atoms with Gasteiger partial charge in [0, 0.05) is 19.0 Å². The summed E-state index contributed by atoms with van der Waals surface area (Å²) in [5, 5.41) is 9.35. The predicted molar refractivity (Wildman–Crippen MR) is 64.0 cm³/mol. The fourth-order valence-electron chi connectivity index (χ4n) is 2.65. The van der Waals surface area contributed by atoms with E-state index in [0.29, 0.717) is 6.04 Å². The van der Waals surface area contributed by atoms with Crippen molar-refractivity contribution in [1.82, 2.24) is 4.90 Å². The number of allylic oxidation sites excluding steroid dienone is 1. The normalized spacial score (nSPS) is 23.0. The zero-order valence-corrected chi connectivity index (χ0v) is 9.39. The van der Waals surface area contributed by atoms with Crippen molar-refractivity contribution in [3.05, 3.63) is 47.4 Å². The minimum atomic E-state index is 0.659. The van der Waals surface area contributed by atoms with Crippen molar-refractivity contribution in [3.8, 4) is 0 Å². The van der Waals surface area contributed by atoms with E-state index in [1.165, 1.54) is 36.7 Å². The number of hydrogen-bond donors (Lipinski definition) is 1. The summed E-state index contributed by atoms with van der Waals surface area (Å²) in [6, 6.07) is 9.21. The van der Waals surface area contributed by atoms with E-state index in [4.69, 9.17) is 0 Å². The van der Waals surface area contributed by atoms with Gasteiger partial charge in [0.05, 0.1) is 12.0 Å². The van der Waals surface area contributed by atoms with E-state index in [1.807, 2.05) is 0 Å². The van der Waals surface area contributed by atoms with Gasteiger partial charge < -0.3 is 10.0 Å². The predicted octanol–water partition coefficient (Wildman–Crippen LogP) is 3.00. The molecule has 0 spiro atoms. The van der Waals surface area contributed by atoms with Crippen molar-refractivity contribution < 1.29 is 5.11 Å². The summed E-state index contributed by atoms with van der Waals surface area (Å²) in [5.74, 6) is 0. The molecule has 1 fully saturated rings. The van der Waals surface area contributed by atoms with Gasteiger partial charge in [-0.1, -0.05) is 24.3 Å². The Morgan fingerprint density at radius 1 is 1.19 bits per heavy atom. The third-order valence-electron chi connectivity index (χ3n) is 3.86. The zero-order chi connectivity index (χ0) is 11.0. The molecule has 0 atom stereocenters. The minimum absolute atomic E-state index is 0.659. The van der Waals surface area contributed by atoms with Gasteiger partial charge in [0.15, 0.2) is 0 Å². The molecule has 84 valence electrons. The molecule has 1 aliphatic heterocycles. The summed E-state index contributed by atoms with van der Waals surface area (Å²) in [4.78, 5) is 2.38. The highest BCUT2D eigenvalue weighted by atomic mass is 16.2. The number of rotatable bonds is 1. The van der Waals surface area contributed by atoms with E-state index in [-0.39, 0.29) is 0 Å². The van der Waals surface area contributed by atoms with Crippen LogP contribution in [0.1, 0.15) is 30.4 Å². The topological polar surface area (TPSA) is 23.5 Å². The van der Waals surface area contributed by atoms with Crippen LogP contribution in [0.3, 0.4) is 0 Å². The highest BCUT2D eigenvalue weighted by Gasteiger charge is 2.29. The molecule has 3 rings (SSSR count). The molecule has 0 bridgehead atoms. The van der Waals surface area contributed by atoms with Gasteiger partial charge in [-0.25, -0.2) is 0 Å². The van der Waals surface area contributed by atoms with Crippen LogP contribution < -0.4 is 0 Å². The second-order valence-electron chi connectivity index (χ2n) is 4.78. The van der Waals surface area contributed by atoms with E-state index < -0.39 is 0 Å². The van der Waals surface area contributed by atoms with E-state index in [1.54, 1.807) is 0 Å². The molecule has 1 N–H and O–H groups in total. The van der Waals surface area contributed by atoms with Crippen LogP contribution in [0, 0.1) is 0 Å². The quantitative estimate of drug-likeness (QED) is 0.728. The summed E-state index contributed by atoms with van der Waals surface area (Å²) in [7, 11) is 0. The standard InChI is InChI=1S/C14H17NO/c16-10-14-8-11-4-1-2-5-12(11)9-15(14)13-6-3-7-13/h1-2,4-5,10,13,16H,3,6-9H2/b14-10-. The second kappa shape index (κ2) is 3.85. The number of aliphatic hydroxyl groups is 1. The zero-order valence-electron chi connectivity index (χ0n) is 9.39. The molecule has 1 saturated carbocycles. The molecule has 1 heterocycles. The molecule has 1 aromatic carbocycles. The minimum Gasteiger partial charge on any atom is -0.514 e. The first-order valence-corrected chi connectivity index (χ1v) is 6.05.